The lowest BCUT2D eigenvalue weighted by Gasteiger charge is -2.37. The summed E-state index contributed by atoms with van der Waals surface area (Å²) in [5.41, 5.74) is 1.49. The van der Waals surface area contributed by atoms with Crippen molar-refractivity contribution in [2.45, 2.75) is 69.5 Å². The van der Waals surface area contributed by atoms with Gasteiger partial charge in [-0.25, -0.2) is 0 Å². The third kappa shape index (κ3) is 2.53. The van der Waals surface area contributed by atoms with Crippen LogP contribution in [-0.4, -0.2) is 30.1 Å². The molecule has 0 aromatic carbocycles. The van der Waals surface area contributed by atoms with Gasteiger partial charge in [0.15, 0.2) is 0 Å². The molecular formula is C17H26N2O. The fraction of sp³-hybridized carbons (Fsp3) is 0.765. The molecule has 1 aromatic heterocycles. The molecule has 0 spiro atoms. The molecule has 1 N–H and O–H groups in total. The molecule has 2 aliphatic carbocycles. The number of hydrogen-bond donors (Lipinski definition) is 1. The summed E-state index contributed by atoms with van der Waals surface area (Å²) < 4.78 is 5.68. The van der Waals surface area contributed by atoms with E-state index in [1.54, 1.807) is 0 Å². The number of aryl methyl sites for hydroxylation is 1. The van der Waals surface area contributed by atoms with Crippen LogP contribution in [0.4, 0.5) is 0 Å². The Hall–Kier alpha value is -0.800. The van der Waals surface area contributed by atoms with E-state index in [2.05, 4.69) is 16.3 Å². The first-order chi connectivity index (χ1) is 9.92. The van der Waals surface area contributed by atoms with E-state index in [0.29, 0.717) is 12.1 Å². The Morgan fingerprint density at radius 2 is 2.10 bits per heavy atom. The van der Waals surface area contributed by atoms with Gasteiger partial charge in [0.05, 0.1) is 6.26 Å². The number of hydrogen-bond acceptors (Lipinski definition) is 3. The van der Waals surface area contributed by atoms with Gasteiger partial charge in [0.1, 0.15) is 5.76 Å². The molecule has 3 nitrogen and oxygen atoms in total. The SMILES string of the molecule is c1cc2c(o1)CCCC2N(CC1CCCCN1)C1CC1. The van der Waals surface area contributed by atoms with E-state index in [0.717, 1.165) is 12.5 Å². The van der Waals surface area contributed by atoms with Crippen LogP contribution in [-0.2, 0) is 6.42 Å². The predicted octanol–water partition coefficient (Wildman–Crippen LogP) is 3.26. The maximum Gasteiger partial charge on any atom is 0.108 e. The van der Waals surface area contributed by atoms with Crippen LogP contribution in [0.15, 0.2) is 16.7 Å². The lowest BCUT2D eigenvalue weighted by atomic mass is 9.91. The Bertz CT molecular complexity index is 446. The van der Waals surface area contributed by atoms with Crippen molar-refractivity contribution in [2.75, 3.05) is 13.1 Å². The lowest BCUT2D eigenvalue weighted by Crippen LogP contribution is -2.46. The van der Waals surface area contributed by atoms with Gasteiger partial charge in [-0.1, -0.05) is 6.42 Å². The zero-order valence-corrected chi connectivity index (χ0v) is 12.3. The Morgan fingerprint density at radius 3 is 2.90 bits per heavy atom. The monoisotopic (exact) mass is 274 g/mol. The van der Waals surface area contributed by atoms with Gasteiger partial charge in [-0.15, -0.1) is 0 Å². The minimum Gasteiger partial charge on any atom is -0.469 e. The second-order valence-corrected chi connectivity index (χ2v) is 6.78. The molecule has 0 amide bonds. The van der Waals surface area contributed by atoms with Crippen molar-refractivity contribution < 1.29 is 4.42 Å². The van der Waals surface area contributed by atoms with Crippen LogP contribution in [0.25, 0.3) is 0 Å². The first kappa shape index (κ1) is 12.9. The number of piperidine rings is 1. The maximum atomic E-state index is 5.68. The highest BCUT2D eigenvalue weighted by atomic mass is 16.3. The summed E-state index contributed by atoms with van der Waals surface area (Å²) in [6, 6.07) is 4.39. The van der Waals surface area contributed by atoms with E-state index in [1.807, 2.05) is 6.26 Å². The van der Waals surface area contributed by atoms with Crippen LogP contribution in [0, 0.1) is 0 Å². The Balaban J connectivity index is 1.51. The largest absolute Gasteiger partial charge is 0.469 e. The fourth-order valence-electron chi connectivity index (χ4n) is 4.08. The third-order valence-corrected chi connectivity index (χ3v) is 5.28. The number of nitrogens with one attached hydrogen (secondary N) is 1. The van der Waals surface area contributed by atoms with Gasteiger partial charge in [-0.05, 0) is 51.1 Å². The number of nitrogens with zero attached hydrogens (tertiary/aromatic N) is 1. The summed E-state index contributed by atoms with van der Waals surface area (Å²) >= 11 is 0. The molecule has 0 bridgehead atoms. The van der Waals surface area contributed by atoms with Crippen molar-refractivity contribution in [1.29, 1.82) is 0 Å². The molecule has 1 saturated carbocycles. The summed E-state index contributed by atoms with van der Waals surface area (Å²) in [5.74, 6) is 1.25. The lowest BCUT2D eigenvalue weighted by molar-refractivity contribution is 0.140. The molecule has 1 aromatic rings. The van der Waals surface area contributed by atoms with Crippen molar-refractivity contribution in [3.05, 3.63) is 23.7 Å². The van der Waals surface area contributed by atoms with Crippen molar-refractivity contribution in [1.82, 2.24) is 10.2 Å². The molecule has 110 valence electrons. The van der Waals surface area contributed by atoms with Crippen LogP contribution in [0.5, 0.6) is 0 Å². The van der Waals surface area contributed by atoms with Gasteiger partial charge in [-0.3, -0.25) is 4.90 Å². The average molecular weight is 274 g/mol. The molecule has 3 aliphatic rings. The van der Waals surface area contributed by atoms with E-state index in [9.17, 15) is 0 Å². The van der Waals surface area contributed by atoms with Crippen molar-refractivity contribution in [3.63, 3.8) is 0 Å². The van der Waals surface area contributed by atoms with E-state index < -0.39 is 0 Å². The van der Waals surface area contributed by atoms with E-state index in [-0.39, 0.29) is 0 Å². The third-order valence-electron chi connectivity index (χ3n) is 5.28. The minimum absolute atomic E-state index is 0.619. The van der Waals surface area contributed by atoms with Gasteiger partial charge in [-0.2, -0.15) is 0 Å². The highest BCUT2D eigenvalue weighted by Gasteiger charge is 2.38. The van der Waals surface area contributed by atoms with Gasteiger partial charge < -0.3 is 9.73 Å². The predicted molar refractivity (Wildman–Crippen MR) is 79.8 cm³/mol. The molecule has 2 unspecified atom stereocenters. The topological polar surface area (TPSA) is 28.4 Å². The molecule has 0 radical (unpaired) electrons. The smallest absolute Gasteiger partial charge is 0.108 e. The summed E-state index contributed by atoms with van der Waals surface area (Å²) in [5, 5.41) is 3.72. The van der Waals surface area contributed by atoms with E-state index >= 15 is 0 Å². The summed E-state index contributed by atoms with van der Waals surface area (Å²) in [6.07, 6.45) is 12.5. The standard InChI is InChI=1S/C17H26N2O/c1-2-10-18-13(4-1)12-19(14-7-8-14)16-5-3-6-17-15(16)9-11-20-17/h9,11,13-14,16,18H,1-8,10,12H2. The quantitative estimate of drug-likeness (QED) is 0.913. The van der Waals surface area contributed by atoms with Gasteiger partial charge in [0, 0.05) is 36.7 Å². The van der Waals surface area contributed by atoms with Crippen LogP contribution < -0.4 is 5.32 Å². The molecular weight excluding hydrogens is 248 g/mol. The van der Waals surface area contributed by atoms with Crippen LogP contribution in [0.3, 0.4) is 0 Å². The molecule has 2 heterocycles. The second-order valence-electron chi connectivity index (χ2n) is 6.78. The normalized spacial score (nSPS) is 30.4. The van der Waals surface area contributed by atoms with E-state index in [4.69, 9.17) is 4.42 Å². The summed E-state index contributed by atoms with van der Waals surface area (Å²) in [6.45, 7) is 2.45. The van der Waals surface area contributed by atoms with E-state index in [1.165, 1.54) is 69.4 Å². The molecule has 3 heteroatoms. The maximum absolute atomic E-state index is 5.68. The summed E-state index contributed by atoms with van der Waals surface area (Å²) in [4.78, 5) is 2.80. The van der Waals surface area contributed by atoms with Gasteiger partial charge in [0.2, 0.25) is 0 Å². The first-order valence-electron chi connectivity index (χ1n) is 8.47. The Kier molecular flexibility index (Phi) is 3.57. The zero-order chi connectivity index (χ0) is 13.4. The van der Waals surface area contributed by atoms with Crippen LogP contribution in [0.1, 0.15) is 62.3 Å². The summed E-state index contributed by atoms with van der Waals surface area (Å²) in [7, 11) is 0. The molecule has 2 atom stereocenters. The first-order valence-corrected chi connectivity index (χ1v) is 8.47. The van der Waals surface area contributed by atoms with Gasteiger partial charge in [0.25, 0.3) is 0 Å². The molecule has 20 heavy (non-hydrogen) atoms. The molecule has 1 aliphatic heterocycles. The average Bonchev–Trinajstić information content (AvgIpc) is 3.22. The fourth-order valence-corrected chi connectivity index (χ4v) is 4.08. The van der Waals surface area contributed by atoms with Crippen LogP contribution >= 0.6 is 0 Å². The van der Waals surface area contributed by atoms with Crippen LogP contribution in [0.2, 0.25) is 0 Å². The number of furan rings is 1. The van der Waals surface area contributed by atoms with Crippen molar-refractivity contribution in [3.8, 4) is 0 Å². The molecule has 4 rings (SSSR count). The molecule has 2 fully saturated rings. The minimum atomic E-state index is 0.619. The Morgan fingerprint density at radius 1 is 1.15 bits per heavy atom. The second kappa shape index (κ2) is 5.53. The zero-order valence-electron chi connectivity index (χ0n) is 12.3. The van der Waals surface area contributed by atoms with Crippen molar-refractivity contribution >= 4 is 0 Å². The Labute approximate surface area is 121 Å². The van der Waals surface area contributed by atoms with Gasteiger partial charge >= 0.3 is 0 Å². The highest BCUT2D eigenvalue weighted by molar-refractivity contribution is 5.25. The van der Waals surface area contributed by atoms with Crippen molar-refractivity contribution in [2.24, 2.45) is 0 Å². The number of rotatable bonds is 4. The molecule has 1 saturated heterocycles. The highest BCUT2D eigenvalue weighted by Crippen LogP contribution is 2.41. The number of fused-ring (bicyclic) bond motifs is 1.